The third kappa shape index (κ3) is 20.5. The number of hydrogen-bond donors (Lipinski definition) is 0. The van der Waals surface area contributed by atoms with Crippen LogP contribution in [-0.2, 0) is 20.4 Å². The summed E-state index contributed by atoms with van der Waals surface area (Å²) in [6, 6.07) is 0. The second-order valence-corrected chi connectivity index (χ2v) is 8.43. The number of ether oxygens (including phenoxy) is 2. The Morgan fingerprint density at radius 3 is 1.95 bits per heavy atom. The fraction of sp³-hybridized carbons (Fsp3) is 0.714. The zero-order chi connectivity index (χ0) is 16.9. The topological polar surface area (TPSA) is 43.2 Å². The summed E-state index contributed by atoms with van der Waals surface area (Å²) in [5.74, 6) is 0. The van der Waals surface area contributed by atoms with E-state index in [0.29, 0.717) is 13.2 Å². The zero-order valence-corrected chi connectivity index (χ0v) is 17.6. The molecule has 0 aromatic carbocycles. The van der Waals surface area contributed by atoms with Gasteiger partial charge in [-0.05, 0) is 19.3 Å². The van der Waals surface area contributed by atoms with Crippen molar-refractivity contribution in [3.05, 3.63) is 13.2 Å². The third-order valence-electron chi connectivity index (χ3n) is 2.34. The quantitative estimate of drug-likeness (QED) is 0.214. The molecule has 0 unspecified atom stereocenters. The predicted molar refractivity (Wildman–Crippen MR) is 98.0 cm³/mol. The van der Waals surface area contributed by atoms with E-state index in [-0.39, 0.29) is 0 Å². The number of aliphatic imine (C=N–C) groups is 2. The Morgan fingerprint density at radius 2 is 1.57 bits per heavy atom. The molecule has 7 heteroatoms. The average molecular weight is 475 g/mol. The van der Waals surface area contributed by atoms with Crippen molar-refractivity contribution in [2.45, 2.75) is 26.2 Å². The van der Waals surface area contributed by atoms with Crippen molar-refractivity contribution in [3.63, 3.8) is 0 Å². The van der Waals surface area contributed by atoms with E-state index in [1.807, 2.05) is 14.1 Å². The molecular formula is C14H28Br2N2NiO2. The third-order valence-corrected chi connectivity index (χ3v) is 2.34. The zero-order valence-electron chi connectivity index (χ0n) is 13.4. The molecule has 0 aliphatic heterocycles. The molecular weight excluding hydrogens is 447 g/mol. The molecule has 0 saturated carbocycles. The fourth-order valence-corrected chi connectivity index (χ4v) is 1.46. The standard InChI is InChI=1S/C12H24N2O2.C2H4.2BrH.Ni/c1-5-11(13-2)12(14-3)7-6-8-16-10-9-15-4;1-2;;;/h5-10H2,1-4H3;1-2H2;2*1H;/q;;;;+2/p-2. The van der Waals surface area contributed by atoms with Crippen LogP contribution in [0.1, 0.15) is 26.2 Å². The van der Waals surface area contributed by atoms with E-state index in [1.54, 1.807) is 7.11 Å². The molecule has 0 radical (unpaired) electrons. The second-order valence-electron chi connectivity index (χ2n) is 3.45. The van der Waals surface area contributed by atoms with Gasteiger partial charge in [-0.25, -0.2) is 0 Å². The minimum atomic E-state index is 0.658. The van der Waals surface area contributed by atoms with E-state index in [9.17, 15) is 0 Å². The minimum absolute atomic E-state index is 0.658. The monoisotopic (exact) mass is 472 g/mol. The van der Waals surface area contributed by atoms with Crippen molar-refractivity contribution in [2.24, 2.45) is 9.98 Å². The first kappa shape index (κ1) is 26.4. The molecule has 0 aromatic rings. The first-order chi connectivity index (χ1) is 10.2. The van der Waals surface area contributed by atoms with Gasteiger partial charge >= 0.3 is 39.3 Å². The average Bonchev–Trinajstić information content (AvgIpc) is 2.52. The van der Waals surface area contributed by atoms with Crippen molar-refractivity contribution in [2.75, 3.05) is 41.0 Å². The van der Waals surface area contributed by atoms with Crippen LogP contribution >= 0.6 is 28.5 Å². The van der Waals surface area contributed by atoms with Gasteiger partial charge in [-0.2, -0.15) is 0 Å². The van der Waals surface area contributed by atoms with Gasteiger partial charge in [-0.1, -0.05) is 6.92 Å². The molecule has 0 fully saturated rings. The van der Waals surface area contributed by atoms with Crippen LogP contribution in [0.2, 0.25) is 0 Å². The molecule has 0 bridgehead atoms. The van der Waals surface area contributed by atoms with E-state index in [0.717, 1.165) is 37.3 Å². The summed E-state index contributed by atoms with van der Waals surface area (Å²) in [6.07, 6.45) is 2.85. The summed E-state index contributed by atoms with van der Waals surface area (Å²) >= 11 is 6.00. The predicted octanol–water partition coefficient (Wildman–Crippen LogP) is 4.47. The summed E-state index contributed by atoms with van der Waals surface area (Å²) in [6.45, 7) is 10.2. The molecule has 0 saturated heterocycles. The van der Waals surface area contributed by atoms with Gasteiger partial charge in [-0.3, -0.25) is 9.98 Å². The molecule has 0 aliphatic carbocycles. The first-order valence-electron chi connectivity index (χ1n) is 6.52. The van der Waals surface area contributed by atoms with Crippen LogP contribution in [0.4, 0.5) is 0 Å². The Kier molecular flexibility index (Phi) is 31.9. The van der Waals surface area contributed by atoms with Gasteiger partial charge in [0.1, 0.15) is 0 Å². The summed E-state index contributed by atoms with van der Waals surface area (Å²) in [5.41, 5.74) is 2.19. The molecule has 0 rings (SSSR count). The van der Waals surface area contributed by atoms with Gasteiger partial charge in [0.2, 0.25) is 0 Å². The number of methoxy groups -OCH3 is 1. The Morgan fingerprint density at radius 1 is 1.05 bits per heavy atom. The summed E-state index contributed by atoms with van der Waals surface area (Å²) in [4.78, 5) is 8.50. The van der Waals surface area contributed by atoms with Crippen molar-refractivity contribution in [1.82, 2.24) is 0 Å². The fourth-order valence-electron chi connectivity index (χ4n) is 1.46. The van der Waals surface area contributed by atoms with Gasteiger partial charge in [0, 0.05) is 27.8 Å². The SMILES string of the molecule is C=C.CCC(=NC)C(CCCOCCOC)=NC.[Br][Ni][Br]. The number of nitrogens with zero attached hydrogens (tertiary/aromatic N) is 2. The van der Waals surface area contributed by atoms with Gasteiger partial charge in [0.15, 0.2) is 0 Å². The van der Waals surface area contributed by atoms with Crippen molar-refractivity contribution in [1.29, 1.82) is 0 Å². The van der Waals surface area contributed by atoms with Crippen LogP contribution in [0.25, 0.3) is 0 Å². The molecule has 0 atom stereocenters. The summed E-state index contributed by atoms with van der Waals surface area (Å²) < 4.78 is 10.3. The van der Waals surface area contributed by atoms with Gasteiger partial charge in [0.25, 0.3) is 0 Å². The molecule has 0 aromatic heterocycles. The maximum absolute atomic E-state index is 5.40. The Bertz CT molecular complexity index is 265. The summed E-state index contributed by atoms with van der Waals surface area (Å²) in [7, 11) is 6.57. The van der Waals surface area contributed by atoms with Crippen molar-refractivity contribution < 1.29 is 20.4 Å². The van der Waals surface area contributed by atoms with E-state index >= 15 is 0 Å². The van der Waals surface area contributed by atoms with Crippen LogP contribution in [0.15, 0.2) is 23.1 Å². The van der Waals surface area contributed by atoms with Crippen molar-refractivity contribution in [3.8, 4) is 0 Å². The Balaban J connectivity index is -0.000000569. The Hall–Kier alpha value is 0.454. The van der Waals surface area contributed by atoms with E-state index in [1.165, 1.54) is 10.9 Å². The molecule has 0 spiro atoms. The first-order valence-corrected chi connectivity index (χ1v) is 11.4. The van der Waals surface area contributed by atoms with Gasteiger partial charge < -0.3 is 9.47 Å². The van der Waals surface area contributed by atoms with Crippen LogP contribution in [0.3, 0.4) is 0 Å². The number of halogens is 2. The van der Waals surface area contributed by atoms with Crippen LogP contribution in [0, 0.1) is 0 Å². The second kappa shape index (κ2) is 25.4. The van der Waals surface area contributed by atoms with Gasteiger partial charge in [-0.15, -0.1) is 13.2 Å². The van der Waals surface area contributed by atoms with E-state index in [4.69, 9.17) is 9.47 Å². The normalized spacial score (nSPS) is 11.3. The van der Waals surface area contributed by atoms with Crippen LogP contribution in [0.5, 0.6) is 0 Å². The molecule has 0 N–H and O–H groups in total. The molecule has 0 aliphatic rings. The summed E-state index contributed by atoms with van der Waals surface area (Å²) in [5, 5.41) is 0. The van der Waals surface area contributed by atoms with Crippen LogP contribution in [-0.4, -0.2) is 52.4 Å². The van der Waals surface area contributed by atoms with E-state index in [2.05, 4.69) is 58.5 Å². The molecule has 4 nitrogen and oxygen atoms in total. The molecule has 0 amide bonds. The molecule has 130 valence electrons. The number of hydrogen-bond acceptors (Lipinski definition) is 4. The molecule has 21 heavy (non-hydrogen) atoms. The maximum atomic E-state index is 5.40. The van der Waals surface area contributed by atoms with Crippen molar-refractivity contribution >= 4 is 39.9 Å². The molecule has 0 heterocycles. The van der Waals surface area contributed by atoms with E-state index < -0.39 is 0 Å². The van der Waals surface area contributed by atoms with Crippen LogP contribution < -0.4 is 0 Å². The number of rotatable bonds is 9. The van der Waals surface area contributed by atoms with Gasteiger partial charge in [0.05, 0.1) is 24.6 Å². The Labute approximate surface area is 150 Å².